The number of nitrogens with zero attached hydrogens (tertiary/aromatic N) is 6. The maximum Gasteiger partial charge on any atom is 0.277 e. The van der Waals surface area contributed by atoms with Crippen molar-refractivity contribution in [3.8, 4) is 0 Å². The number of hydrogen-bond acceptors (Lipinski definition) is 7. The molecule has 1 amide bonds. The van der Waals surface area contributed by atoms with Crippen molar-refractivity contribution >= 4 is 23.0 Å². The van der Waals surface area contributed by atoms with Crippen LogP contribution in [0.1, 0.15) is 22.8 Å². The van der Waals surface area contributed by atoms with Crippen molar-refractivity contribution < 1.29 is 14.6 Å². The number of benzene rings is 1. The summed E-state index contributed by atoms with van der Waals surface area (Å²) >= 11 is 0. The highest BCUT2D eigenvalue weighted by atomic mass is 16.6. The molecular weight excluding hydrogens is 370 g/mol. The third-order valence-electron chi connectivity index (χ3n) is 3.83. The zero-order valence-corrected chi connectivity index (χ0v) is 14.7. The number of anilines is 1. The van der Waals surface area contributed by atoms with Gasteiger partial charge in [-0.25, -0.2) is 0 Å². The number of nitro benzene ring substituents is 2. The lowest BCUT2D eigenvalue weighted by Crippen LogP contribution is -2.12. The number of amides is 1. The highest BCUT2D eigenvalue weighted by molar-refractivity contribution is 6.05. The van der Waals surface area contributed by atoms with E-state index in [1.807, 2.05) is 13.1 Å². The monoisotopic (exact) mass is 385 g/mol. The molecule has 12 nitrogen and oxygen atoms in total. The summed E-state index contributed by atoms with van der Waals surface area (Å²) < 4.78 is 3.36. The van der Waals surface area contributed by atoms with Gasteiger partial charge in [-0.1, -0.05) is 0 Å². The summed E-state index contributed by atoms with van der Waals surface area (Å²) in [6.07, 6.45) is 6.58. The lowest BCUT2D eigenvalue weighted by molar-refractivity contribution is -0.394. The summed E-state index contributed by atoms with van der Waals surface area (Å²) in [5.41, 5.74) is 0.00279. The molecule has 2 aromatic heterocycles. The number of nitrogens with one attached hydrogen (secondary N) is 1. The van der Waals surface area contributed by atoms with E-state index in [2.05, 4.69) is 15.5 Å². The van der Waals surface area contributed by atoms with Gasteiger partial charge in [0.05, 0.1) is 46.1 Å². The first-order valence-corrected chi connectivity index (χ1v) is 8.14. The van der Waals surface area contributed by atoms with Crippen molar-refractivity contribution in [3.05, 3.63) is 74.3 Å². The van der Waals surface area contributed by atoms with Crippen LogP contribution in [0.4, 0.5) is 17.1 Å². The number of carbonyl (C=O) groups is 1. The van der Waals surface area contributed by atoms with Gasteiger partial charge in [-0.2, -0.15) is 10.2 Å². The average molecular weight is 385 g/mol. The molecule has 0 atom stereocenters. The van der Waals surface area contributed by atoms with Gasteiger partial charge in [-0.15, -0.1) is 0 Å². The van der Waals surface area contributed by atoms with Crippen molar-refractivity contribution in [2.45, 2.75) is 20.0 Å². The first kappa shape index (κ1) is 18.7. The Balaban J connectivity index is 1.75. The molecule has 0 aliphatic heterocycles. The highest BCUT2D eigenvalue weighted by Crippen LogP contribution is 2.23. The second kappa shape index (κ2) is 7.65. The molecule has 12 heteroatoms. The second-order valence-electron chi connectivity index (χ2n) is 5.84. The van der Waals surface area contributed by atoms with Gasteiger partial charge in [0, 0.05) is 36.6 Å². The highest BCUT2D eigenvalue weighted by Gasteiger charge is 2.20. The van der Waals surface area contributed by atoms with Gasteiger partial charge in [-0.05, 0) is 6.92 Å². The molecule has 0 saturated heterocycles. The molecule has 28 heavy (non-hydrogen) atoms. The van der Waals surface area contributed by atoms with E-state index in [0.29, 0.717) is 12.2 Å². The molecule has 0 radical (unpaired) electrons. The van der Waals surface area contributed by atoms with E-state index < -0.39 is 27.1 Å². The molecule has 3 aromatic rings. The van der Waals surface area contributed by atoms with Gasteiger partial charge in [0.2, 0.25) is 0 Å². The summed E-state index contributed by atoms with van der Waals surface area (Å²) in [4.78, 5) is 32.7. The molecule has 0 saturated carbocycles. The number of rotatable bonds is 7. The topological polar surface area (TPSA) is 151 Å². The van der Waals surface area contributed by atoms with Crippen LogP contribution in [0.2, 0.25) is 0 Å². The largest absolute Gasteiger partial charge is 0.319 e. The Hall–Kier alpha value is -4.09. The maximum atomic E-state index is 12.4. The number of nitro groups is 2. The van der Waals surface area contributed by atoms with E-state index in [-0.39, 0.29) is 5.56 Å². The SMILES string of the molecule is CCn1cc(Cn2cc(NC(=O)c3cc([N+](=O)[O-])cc([N+](=O)[O-])c3)cn2)cn1. The molecule has 0 aliphatic rings. The van der Waals surface area contributed by atoms with Gasteiger partial charge in [-0.3, -0.25) is 34.4 Å². The number of non-ortho nitro benzene ring substituents is 2. The Kier molecular flexibility index (Phi) is 5.11. The quantitative estimate of drug-likeness (QED) is 0.483. The van der Waals surface area contributed by atoms with E-state index >= 15 is 0 Å². The fourth-order valence-electron chi connectivity index (χ4n) is 2.50. The molecule has 1 N–H and O–H groups in total. The summed E-state index contributed by atoms with van der Waals surface area (Å²) in [6, 6.07) is 2.75. The minimum Gasteiger partial charge on any atom is -0.319 e. The first-order valence-electron chi connectivity index (χ1n) is 8.14. The fraction of sp³-hybridized carbons (Fsp3) is 0.188. The number of carbonyl (C=O) groups excluding carboxylic acids is 1. The van der Waals surface area contributed by atoms with Crippen molar-refractivity contribution in [1.29, 1.82) is 0 Å². The van der Waals surface area contributed by atoms with Crippen LogP contribution in [0.5, 0.6) is 0 Å². The van der Waals surface area contributed by atoms with Crippen molar-refractivity contribution in [2.24, 2.45) is 0 Å². The van der Waals surface area contributed by atoms with Gasteiger partial charge >= 0.3 is 0 Å². The molecule has 0 unspecified atom stereocenters. The first-order chi connectivity index (χ1) is 13.4. The van der Waals surface area contributed by atoms with Crippen LogP contribution < -0.4 is 5.32 Å². The third-order valence-corrected chi connectivity index (χ3v) is 3.83. The van der Waals surface area contributed by atoms with Crippen molar-refractivity contribution in [3.63, 3.8) is 0 Å². The molecule has 1 aromatic carbocycles. The standard InChI is InChI=1S/C16H15N7O5/c1-2-20-8-11(6-17-20)9-21-10-13(7-18-21)19-16(24)12-3-14(22(25)26)5-15(4-12)23(27)28/h3-8,10H,2,9H2,1H3,(H,19,24). The summed E-state index contributed by atoms with van der Waals surface area (Å²) in [6.45, 7) is 3.16. The zero-order valence-electron chi connectivity index (χ0n) is 14.7. The van der Waals surface area contributed by atoms with E-state index in [9.17, 15) is 25.0 Å². The van der Waals surface area contributed by atoms with Crippen LogP contribution in [0.25, 0.3) is 0 Å². The second-order valence-corrected chi connectivity index (χ2v) is 5.84. The van der Waals surface area contributed by atoms with Crippen LogP contribution in [-0.4, -0.2) is 35.3 Å². The minimum absolute atomic E-state index is 0.196. The van der Waals surface area contributed by atoms with Crippen molar-refractivity contribution in [2.75, 3.05) is 5.32 Å². The number of aryl methyl sites for hydroxylation is 1. The van der Waals surface area contributed by atoms with Gasteiger partial charge in [0.25, 0.3) is 17.3 Å². The number of hydrogen-bond donors (Lipinski definition) is 1. The Bertz CT molecular complexity index is 1020. The van der Waals surface area contributed by atoms with Crippen LogP contribution in [-0.2, 0) is 13.1 Å². The summed E-state index contributed by atoms with van der Waals surface area (Å²) in [5.74, 6) is -0.717. The van der Waals surface area contributed by atoms with Gasteiger partial charge in [0.15, 0.2) is 0 Å². The normalized spacial score (nSPS) is 10.6. The predicted molar refractivity (Wildman–Crippen MR) is 96.9 cm³/mol. The molecule has 0 fully saturated rings. The lowest BCUT2D eigenvalue weighted by atomic mass is 10.1. The fourth-order valence-corrected chi connectivity index (χ4v) is 2.50. The molecule has 2 heterocycles. The Morgan fingerprint density at radius 2 is 1.68 bits per heavy atom. The summed E-state index contributed by atoms with van der Waals surface area (Å²) in [7, 11) is 0. The van der Waals surface area contributed by atoms with Crippen LogP contribution in [0.15, 0.2) is 43.0 Å². The van der Waals surface area contributed by atoms with Crippen LogP contribution in [0, 0.1) is 20.2 Å². The molecule has 0 spiro atoms. The third kappa shape index (κ3) is 4.17. The van der Waals surface area contributed by atoms with E-state index in [0.717, 1.165) is 30.3 Å². The van der Waals surface area contributed by atoms with Crippen molar-refractivity contribution in [1.82, 2.24) is 19.6 Å². The lowest BCUT2D eigenvalue weighted by Gasteiger charge is -2.03. The molecule has 144 valence electrons. The Morgan fingerprint density at radius 3 is 2.25 bits per heavy atom. The molecule has 3 rings (SSSR count). The zero-order chi connectivity index (χ0) is 20.3. The smallest absolute Gasteiger partial charge is 0.277 e. The Labute approximate surface area is 157 Å². The van der Waals surface area contributed by atoms with Gasteiger partial charge < -0.3 is 5.32 Å². The van der Waals surface area contributed by atoms with E-state index in [4.69, 9.17) is 0 Å². The maximum absolute atomic E-state index is 12.4. The van der Waals surface area contributed by atoms with Crippen LogP contribution >= 0.6 is 0 Å². The Morgan fingerprint density at radius 1 is 1.04 bits per heavy atom. The van der Waals surface area contributed by atoms with Crippen LogP contribution in [0.3, 0.4) is 0 Å². The molecular formula is C16H15N7O5. The molecule has 0 aliphatic carbocycles. The summed E-state index contributed by atoms with van der Waals surface area (Å²) in [5, 5.41) is 32.7. The van der Waals surface area contributed by atoms with E-state index in [1.54, 1.807) is 21.8 Å². The number of aromatic nitrogens is 4. The average Bonchev–Trinajstić information content (AvgIpc) is 3.30. The predicted octanol–water partition coefficient (Wildman–Crippen LogP) is 2.22. The minimum atomic E-state index is -0.793. The molecule has 0 bridgehead atoms. The van der Waals surface area contributed by atoms with Gasteiger partial charge in [0.1, 0.15) is 0 Å². The van der Waals surface area contributed by atoms with E-state index in [1.165, 1.54) is 6.20 Å².